The number of carbonyl (C=O) groups excluding carboxylic acids is 1. The van der Waals surface area contributed by atoms with E-state index in [0.29, 0.717) is 31.3 Å². The Morgan fingerprint density at radius 1 is 1.24 bits per heavy atom. The van der Waals surface area contributed by atoms with E-state index in [1.807, 2.05) is 13.8 Å². The molecule has 2 spiro atoms. The molecule has 0 unspecified atom stereocenters. The zero-order valence-electron chi connectivity index (χ0n) is 17.3. The molecule has 7 nitrogen and oxygen atoms in total. The lowest BCUT2D eigenvalue weighted by Crippen LogP contribution is -2.85. The zero-order valence-corrected chi connectivity index (χ0v) is 17.3. The molecule has 29 heavy (non-hydrogen) atoms. The highest BCUT2D eigenvalue weighted by atomic mass is 16.6. The molecule has 0 aromatic rings. The molecule has 0 aromatic heterocycles. The predicted molar refractivity (Wildman–Crippen MR) is 101 cm³/mol. The third kappa shape index (κ3) is 2.00. The largest absolute Gasteiger partial charge is 0.462 e. The molecule has 4 bridgehead atoms. The monoisotopic (exact) mass is 408 g/mol. The van der Waals surface area contributed by atoms with E-state index in [1.165, 1.54) is 6.92 Å². The molecular weight excluding hydrogens is 376 g/mol. The number of ether oxygens (including phenoxy) is 2. The number of hydrogen-bond acceptors (Lipinski definition) is 7. The predicted octanol–water partition coefficient (Wildman–Crippen LogP) is 0.738. The lowest BCUT2D eigenvalue weighted by atomic mass is 9.35. The van der Waals surface area contributed by atoms with Crippen molar-refractivity contribution in [2.75, 3.05) is 6.61 Å². The molecule has 0 radical (unpaired) electrons. The summed E-state index contributed by atoms with van der Waals surface area (Å²) in [4.78, 5) is 12.0. The van der Waals surface area contributed by atoms with Gasteiger partial charge < -0.3 is 29.9 Å². The van der Waals surface area contributed by atoms with Gasteiger partial charge in [-0.05, 0) is 42.6 Å². The second-order valence-corrected chi connectivity index (χ2v) is 10.8. The van der Waals surface area contributed by atoms with Gasteiger partial charge in [-0.3, -0.25) is 4.79 Å². The molecule has 0 aromatic carbocycles. The molecule has 10 atom stereocenters. The second kappa shape index (κ2) is 5.62. The summed E-state index contributed by atoms with van der Waals surface area (Å²) in [5.74, 6) is -3.56. The van der Waals surface area contributed by atoms with Crippen LogP contribution in [0.5, 0.6) is 0 Å². The maximum atomic E-state index is 12.0. The fourth-order valence-electron chi connectivity index (χ4n) is 8.43. The van der Waals surface area contributed by atoms with Gasteiger partial charge in [-0.2, -0.15) is 0 Å². The minimum Gasteiger partial charge on any atom is -0.462 e. The van der Waals surface area contributed by atoms with E-state index < -0.39 is 58.8 Å². The Morgan fingerprint density at radius 3 is 2.59 bits per heavy atom. The van der Waals surface area contributed by atoms with E-state index in [4.69, 9.17) is 9.47 Å². The first kappa shape index (κ1) is 19.9. The van der Waals surface area contributed by atoms with Crippen molar-refractivity contribution in [2.45, 2.75) is 76.7 Å². The summed E-state index contributed by atoms with van der Waals surface area (Å²) in [6.07, 6.45) is -1.64. The summed E-state index contributed by atoms with van der Waals surface area (Å²) in [6.45, 7) is 9.56. The van der Waals surface area contributed by atoms with Gasteiger partial charge in [-0.1, -0.05) is 20.4 Å². The third-order valence-electron chi connectivity index (χ3n) is 9.32. The molecular formula is C22H32O7. The van der Waals surface area contributed by atoms with E-state index in [0.717, 1.165) is 0 Å². The highest BCUT2D eigenvalue weighted by Crippen LogP contribution is 2.77. The fraction of sp³-hybridized carbons (Fsp3) is 0.864. The third-order valence-corrected chi connectivity index (χ3v) is 9.32. The first-order valence-corrected chi connectivity index (χ1v) is 10.7. The average Bonchev–Trinajstić information content (AvgIpc) is 2.82. The topological polar surface area (TPSA) is 116 Å². The summed E-state index contributed by atoms with van der Waals surface area (Å²) < 4.78 is 11.7. The van der Waals surface area contributed by atoms with Crippen LogP contribution >= 0.6 is 0 Å². The number of esters is 1. The summed E-state index contributed by atoms with van der Waals surface area (Å²) >= 11 is 0. The van der Waals surface area contributed by atoms with Gasteiger partial charge in [0.25, 0.3) is 0 Å². The Labute approximate surface area is 170 Å². The van der Waals surface area contributed by atoms with Crippen LogP contribution in [-0.2, 0) is 14.3 Å². The SMILES string of the molecule is C=C1[C@@H]2C[C@H](OC(C)=O)[C@H]3[C@@]45CO[C@](O)([C@@H](O)[C@@H]4C(C)(C)CC[C@@H]5O)[C@]3(C2)[C@@H]1O. The van der Waals surface area contributed by atoms with Crippen LogP contribution in [0.15, 0.2) is 12.2 Å². The van der Waals surface area contributed by atoms with Gasteiger partial charge in [0, 0.05) is 24.2 Å². The standard InChI is InChI=1S/C22H32O7/c1-10-12-7-13(29-11(2)23)15-20-9-28-22(27,21(15,8-12)17(10)25)18(26)16(20)19(3,4)6-5-14(20)24/h12-18,24-27H,1,5-9H2,2-4H3/t12-,13+,14+,15+,16-,17-,18+,20+,21+,22-/m1/s1. The second-order valence-electron chi connectivity index (χ2n) is 10.8. The van der Waals surface area contributed by atoms with Crippen molar-refractivity contribution < 1.29 is 34.7 Å². The molecule has 2 aliphatic heterocycles. The van der Waals surface area contributed by atoms with Crippen molar-refractivity contribution in [3.8, 4) is 0 Å². The van der Waals surface area contributed by atoms with E-state index >= 15 is 0 Å². The van der Waals surface area contributed by atoms with Gasteiger partial charge in [0.05, 0.1) is 24.2 Å². The smallest absolute Gasteiger partial charge is 0.302 e. The van der Waals surface area contributed by atoms with Crippen LogP contribution in [0.2, 0.25) is 0 Å². The number of hydrogen-bond donors (Lipinski definition) is 4. The molecule has 162 valence electrons. The number of aliphatic hydroxyl groups excluding tert-OH is 3. The Kier molecular flexibility index (Phi) is 3.87. The summed E-state index contributed by atoms with van der Waals surface area (Å²) in [5.41, 5.74) is -1.98. The van der Waals surface area contributed by atoms with Crippen LogP contribution in [0.4, 0.5) is 0 Å². The first-order valence-electron chi connectivity index (χ1n) is 10.7. The molecule has 4 saturated carbocycles. The van der Waals surface area contributed by atoms with Crippen molar-refractivity contribution in [2.24, 2.45) is 34.0 Å². The first-order chi connectivity index (χ1) is 13.4. The summed E-state index contributed by atoms with van der Waals surface area (Å²) in [7, 11) is 0. The van der Waals surface area contributed by atoms with Crippen LogP contribution in [0.25, 0.3) is 0 Å². The minimum absolute atomic E-state index is 0.0594. The minimum atomic E-state index is -1.99. The van der Waals surface area contributed by atoms with Crippen molar-refractivity contribution >= 4 is 5.97 Å². The average molecular weight is 408 g/mol. The molecule has 4 N–H and O–H groups in total. The lowest BCUT2D eigenvalue weighted by molar-refractivity contribution is -0.473. The van der Waals surface area contributed by atoms with Crippen LogP contribution < -0.4 is 0 Å². The Morgan fingerprint density at radius 2 is 1.93 bits per heavy atom. The van der Waals surface area contributed by atoms with Gasteiger partial charge in [-0.25, -0.2) is 0 Å². The normalized spacial score (nSPS) is 57.2. The van der Waals surface area contributed by atoms with Crippen molar-refractivity contribution in [3.05, 3.63) is 12.2 Å². The summed E-state index contributed by atoms with van der Waals surface area (Å²) in [5, 5.41) is 46.1. The lowest BCUT2D eigenvalue weighted by Gasteiger charge is -2.75. The number of aliphatic hydroxyl groups is 4. The van der Waals surface area contributed by atoms with E-state index in [2.05, 4.69) is 6.58 Å². The summed E-state index contributed by atoms with van der Waals surface area (Å²) in [6, 6.07) is 0. The molecule has 0 amide bonds. The molecule has 2 heterocycles. The Bertz CT molecular complexity index is 779. The number of rotatable bonds is 1. The highest BCUT2D eigenvalue weighted by Gasteiger charge is 2.85. The van der Waals surface area contributed by atoms with Gasteiger partial charge in [0.15, 0.2) is 0 Å². The van der Waals surface area contributed by atoms with Crippen LogP contribution in [0.1, 0.15) is 46.5 Å². The van der Waals surface area contributed by atoms with E-state index in [-0.39, 0.29) is 17.9 Å². The molecule has 7 heteroatoms. The van der Waals surface area contributed by atoms with E-state index in [1.54, 1.807) is 0 Å². The van der Waals surface area contributed by atoms with Crippen LogP contribution in [-0.4, -0.2) is 63.2 Å². The fourth-order valence-corrected chi connectivity index (χ4v) is 8.43. The van der Waals surface area contributed by atoms with E-state index in [9.17, 15) is 25.2 Å². The number of carbonyl (C=O) groups is 1. The van der Waals surface area contributed by atoms with Crippen molar-refractivity contribution in [1.29, 1.82) is 0 Å². The van der Waals surface area contributed by atoms with Gasteiger partial charge in [0.2, 0.25) is 5.79 Å². The Balaban J connectivity index is 1.79. The molecule has 6 rings (SSSR count). The quantitative estimate of drug-likeness (QED) is 0.373. The molecule has 6 fully saturated rings. The maximum absolute atomic E-state index is 12.0. The van der Waals surface area contributed by atoms with Crippen molar-refractivity contribution in [1.82, 2.24) is 0 Å². The van der Waals surface area contributed by atoms with Gasteiger partial charge in [0.1, 0.15) is 12.2 Å². The molecule has 6 aliphatic rings. The zero-order chi connectivity index (χ0) is 21.1. The van der Waals surface area contributed by atoms with Gasteiger partial charge >= 0.3 is 5.97 Å². The van der Waals surface area contributed by atoms with Crippen LogP contribution in [0, 0.1) is 34.0 Å². The Hall–Kier alpha value is -0.990. The highest BCUT2D eigenvalue weighted by molar-refractivity contribution is 5.66. The van der Waals surface area contributed by atoms with Gasteiger partial charge in [-0.15, -0.1) is 0 Å². The maximum Gasteiger partial charge on any atom is 0.302 e. The molecule has 4 aliphatic carbocycles. The van der Waals surface area contributed by atoms with Crippen LogP contribution in [0.3, 0.4) is 0 Å². The molecule has 2 saturated heterocycles. The van der Waals surface area contributed by atoms with Crippen molar-refractivity contribution in [3.63, 3.8) is 0 Å². The number of fused-ring (bicyclic) bond motifs is 2.